The number of hydrogen-bond acceptors (Lipinski definition) is 7. The number of carbonyl (C=O) groups is 3. The van der Waals surface area contributed by atoms with Gasteiger partial charge in [-0.05, 0) is 48.0 Å². The van der Waals surface area contributed by atoms with Crippen LogP contribution < -0.4 is 4.90 Å². The van der Waals surface area contributed by atoms with Crippen LogP contribution in [-0.2, 0) is 20.9 Å². The summed E-state index contributed by atoms with van der Waals surface area (Å²) in [5.41, 5.74) is 2.33. The maximum atomic E-state index is 12.5. The topological polar surface area (TPSA) is 114 Å². The number of halogens is 6. The lowest BCUT2D eigenvalue weighted by atomic mass is 9.92. The standard InChI is InChI=1S/C18H22N4OS.2C2HF3O2/c1-20-11-17(23)22(16-3-2-6-19-9-16)14-18(20)5-7-21(13-18)10-15-4-8-24-12-15;2*3-2(4,5)1(6)7/h2-4,6,8-9,12H,5,7,10-11,13-14H2,1H3;2*(H,6,7). The molecule has 2 aromatic rings. The molecular formula is C22H24F6N4O5S. The molecule has 1 amide bonds. The molecule has 0 bridgehead atoms. The molecule has 2 aromatic heterocycles. The summed E-state index contributed by atoms with van der Waals surface area (Å²) >= 11 is 1.75. The third-order valence-electron chi connectivity index (χ3n) is 5.78. The maximum absolute atomic E-state index is 12.5. The van der Waals surface area contributed by atoms with Crippen LogP contribution in [0.15, 0.2) is 41.4 Å². The quantitative estimate of drug-likeness (QED) is 0.541. The molecule has 0 saturated carbocycles. The summed E-state index contributed by atoms with van der Waals surface area (Å²) < 4.78 is 63.5. The van der Waals surface area contributed by atoms with E-state index in [2.05, 4.69) is 38.7 Å². The van der Waals surface area contributed by atoms with Gasteiger partial charge in [0.2, 0.25) is 5.91 Å². The Bertz CT molecular complexity index is 1060. The van der Waals surface area contributed by atoms with Gasteiger partial charge in [-0.1, -0.05) is 0 Å². The van der Waals surface area contributed by atoms with E-state index in [1.807, 2.05) is 17.0 Å². The summed E-state index contributed by atoms with van der Waals surface area (Å²) in [6, 6.07) is 6.07. The van der Waals surface area contributed by atoms with Gasteiger partial charge in [0.25, 0.3) is 0 Å². The highest BCUT2D eigenvalue weighted by atomic mass is 32.1. The SMILES string of the molecule is CN1CC(=O)N(c2cccnc2)CC12CCN(Cc1ccsc1)C2.O=C(O)C(F)(F)F.O=C(O)C(F)(F)F. The third kappa shape index (κ3) is 8.66. The first-order chi connectivity index (χ1) is 17.5. The molecule has 1 spiro atoms. The largest absolute Gasteiger partial charge is 0.490 e. The first kappa shape index (κ1) is 31.0. The Morgan fingerprint density at radius 2 is 1.68 bits per heavy atom. The highest BCUT2D eigenvalue weighted by Crippen LogP contribution is 2.34. The van der Waals surface area contributed by atoms with Gasteiger partial charge < -0.3 is 15.1 Å². The van der Waals surface area contributed by atoms with Crippen LogP contribution in [-0.4, -0.2) is 94.0 Å². The zero-order valence-electron chi connectivity index (χ0n) is 19.9. The number of alkyl halides is 6. The second kappa shape index (κ2) is 12.5. The van der Waals surface area contributed by atoms with Crippen molar-refractivity contribution in [2.45, 2.75) is 30.9 Å². The molecule has 210 valence electrons. The molecule has 2 saturated heterocycles. The summed E-state index contributed by atoms with van der Waals surface area (Å²) in [6.07, 6.45) is -5.54. The van der Waals surface area contributed by atoms with Crippen molar-refractivity contribution in [1.82, 2.24) is 14.8 Å². The highest BCUT2D eigenvalue weighted by molar-refractivity contribution is 7.07. The van der Waals surface area contributed by atoms with E-state index in [-0.39, 0.29) is 11.4 Å². The van der Waals surface area contributed by atoms with E-state index < -0.39 is 24.3 Å². The van der Waals surface area contributed by atoms with Crippen molar-refractivity contribution in [2.24, 2.45) is 0 Å². The predicted octanol–water partition coefficient (Wildman–Crippen LogP) is 3.33. The number of aromatic nitrogens is 1. The zero-order chi connectivity index (χ0) is 28.7. The first-order valence-corrected chi connectivity index (χ1v) is 11.7. The first-order valence-electron chi connectivity index (χ1n) is 10.8. The van der Waals surface area contributed by atoms with E-state index in [4.69, 9.17) is 19.8 Å². The Morgan fingerprint density at radius 1 is 1.08 bits per heavy atom. The molecule has 38 heavy (non-hydrogen) atoms. The predicted molar refractivity (Wildman–Crippen MR) is 124 cm³/mol. The van der Waals surface area contributed by atoms with Crippen molar-refractivity contribution < 1.29 is 50.9 Å². The highest BCUT2D eigenvalue weighted by Gasteiger charge is 2.47. The van der Waals surface area contributed by atoms with Crippen molar-refractivity contribution in [3.05, 3.63) is 46.9 Å². The van der Waals surface area contributed by atoms with Gasteiger partial charge in [-0.3, -0.25) is 19.6 Å². The van der Waals surface area contributed by atoms with E-state index in [1.165, 1.54) is 5.56 Å². The molecule has 1 atom stereocenters. The van der Waals surface area contributed by atoms with E-state index in [1.54, 1.807) is 23.7 Å². The van der Waals surface area contributed by atoms with Gasteiger partial charge in [0.05, 0.1) is 24.0 Å². The maximum Gasteiger partial charge on any atom is 0.490 e. The zero-order valence-corrected chi connectivity index (χ0v) is 20.7. The minimum Gasteiger partial charge on any atom is -0.475 e. The number of amides is 1. The van der Waals surface area contributed by atoms with Gasteiger partial charge in [0.1, 0.15) is 0 Å². The minimum atomic E-state index is -5.08. The molecular weight excluding hydrogens is 546 g/mol. The Balaban J connectivity index is 0.000000301. The van der Waals surface area contributed by atoms with Crippen molar-refractivity contribution >= 4 is 34.9 Å². The second-order valence-electron chi connectivity index (χ2n) is 8.47. The molecule has 9 nitrogen and oxygen atoms in total. The number of piperazine rings is 1. The average molecular weight is 571 g/mol. The third-order valence-corrected chi connectivity index (χ3v) is 6.51. The second-order valence-corrected chi connectivity index (χ2v) is 9.25. The number of hydrogen-bond donors (Lipinski definition) is 2. The number of likely N-dealkylation sites (N-methyl/N-ethyl adjacent to an activating group) is 1. The lowest BCUT2D eigenvalue weighted by Gasteiger charge is -2.46. The molecule has 0 aliphatic carbocycles. The van der Waals surface area contributed by atoms with Crippen LogP contribution in [0.5, 0.6) is 0 Å². The smallest absolute Gasteiger partial charge is 0.475 e. The van der Waals surface area contributed by atoms with E-state index in [9.17, 15) is 31.1 Å². The molecule has 16 heteroatoms. The van der Waals surface area contributed by atoms with Gasteiger partial charge in [-0.25, -0.2) is 9.59 Å². The number of pyridine rings is 1. The molecule has 4 heterocycles. The summed E-state index contributed by atoms with van der Waals surface area (Å²) in [5, 5.41) is 18.6. The van der Waals surface area contributed by atoms with Crippen LogP contribution in [0.2, 0.25) is 0 Å². The normalized spacial score (nSPS) is 20.4. The van der Waals surface area contributed by atoms with Crippen LogP contribution in [0, 0.1) is 0 Å². The van der Waals surface area contributed by atoms with Crippen molar-refractivity contribution in [1.29, 1.82) is 0 Å². The number of nitrogens with zero attached hydrogens (tertiary/aromatic N) is 4. The van der Waals surface area contributed by atoms with E-state index >= 15 is 0 Å². The fourth-order valence-electron chi connectivity index (χ4n) is 3.86. The van der Waals surface area contributed by atoms with E-state index in [0.29, 0.717) is 6.54 Å². The molecule has 2 aliphatic heterocycles. The van der Waals surface area contributed by atoms with Crippen molar-refractivity contribution in [3.63, 3.8) is 0 Å². The Kier molecular flexibility index (Phi) is 10.2. The Hall–Kier alpha value is -3.24. The number of carboxylic acid groups (broad SMARTS) is 2. The number of carboxylic acids is 2. The van der Waals surface area contributed by atoms with Crippen LogP contribution >= 0.6 is 11.3 Å². The lowest BCUT2D eigenvalue weighted by Crippen LogP contribution is -2.64. The fraction of sp³-hybridized carbons (Fsp3) is 0.455. The summed E-state index contributed by atoms with van der Waals surface area (Å²) in [4.78, 5) is 41.2. The van der Waals surface area contributed by atoms with Crippen LogP contribution in [0.1, 0.15) is 12.0 Å². The van der Waals surface area contributed by atoms with Crippen molar-refractivity contribution in [3.8, 4) is 0 Å². The molecule has 0 radical (unpaired) electrons. The molecule has 1 unspecified atom stereocenters. The van der Waals surface area contributed by atoms with Crippen molar-refractivity contribution in [2.75, 3.05) is 38.1 Å². The fourth-order valence-corrected chi connectivity index (χ4v) is 4.52. The monoisotopic (exact) mass is 570 g/mol. The number of carbonyl (C=O) groups excluding carboxylic acids is 1. The van der Waals surface area contributed by atoms with Gasteiger partial charge in [-0.2, -0.15) is 37.7 Å². The van der Waals surface area contributed by atoms with Gasteiger partial charge in [0, 0.05) is 32.4 Å². The summed E-state index contributed by atoms with van der Waals surface area (Å²) in [5.74, 6) is -5.35. The van der Waals surface area contributed by atoms with Gasteiger partial charge in [-0.15, -0.1) is 0 Å². The van der Waals surface area contributed by atoms with Gasteiger partial charge in [0.15, 0.2) is 0 Å². The minimum absolute atomic E-state index is 0.0414. The Morgan fingerprint density at radius 3 is 2.16 bits per heavy atom. The number of thiophene rings is 1. The lowest BCUT2D eigenvalue weighted by molar-refractivity contribution is -0.193. The molecule has 0 aromatic carbocycles. The number of anilines is 1. The summed E-state index contributed by atoms with van der Waals surface area (Å²) in [7, 11) is 2.09. The van der Waals surface area contributed by atoms with E-state index in [0.717, 1.165) is 38.3 Å². The number of aliphatic carboxylic acids is 2. The molecule has 2 N–H and O–H groups in total. The molecule has 2 aliphatic rings. The Labute approximate surface area is 216 Å². The number of likely N-dealkylation sites (tertiary alicyclic amines) is 1. The molecule has 2 fully saturated rings. The van der Waals surface area contributed by atoms with Crippen LogP contribution in [0.4, 0.5) is 32.0 Å². The van der Waals surface area contributed by atoms with Crippen LogP contribution in [0.25, 0.3) is 0 Å². The van der Waals surface area contributed by atoms with Crippen LogP contribution in [0.3, 0.4) is 0 Å². The van der Waals surface area contributed by atoms with Gasteiger partial charge >= 0.3 is 24.3 Å². The summed E-state index contributed by atoms with van der Waals surface area (Å²) in [6.45, 7) is 4.30. The molecule has 4 rings (SSSR count). The average Bonchev–Trinajstić information content (AvgIpc) is 3.48. The number of rotatable bonds is 3.